The summed E-state index contributed by atoms with van der Waals surface area (Å²) in [4.78, 5) is 0. The fraction of sp³-hybridized carbons (Fsp3) is 0.182. The van der Waals surface area contributed by atoms with Gasteiger partial charge in [0.05, 0.1) is 6.54 Å². The Morgan fingerprint density at radius 3 is 2.28 bits per heavy atom. The largest absolute Gasteiger partial charge is 0.432 e. The van der Waals surface area contributed by atoms with Crippen LogP contribution in [0, 0.1) is 10.5 Å². The second-order valence-electron chi connectivity index (χ2n) is 3.72. The highest BCUT2D eigenvalue weighted by Gasteiger charge is 2.32. The lowest BCUT2D eigenvalue weighted by molar-refractivity contribution is -0.141. The number of rotatable bonds is 2. The first-order chi connectivity index (χ1) is 8.36. The van der Waals surface area contributed by atoms with Gasteiger partial charge in [0.2, 0.25) is 0 Å². The maximum atomic E-state index is 12.7. The predicted octanol–water partition coefficient (Wildman–Crippen LogP) is 3.75. The Morgan fingerprint density at radius 2 is 1.78 bits per heavy atom. The third-order valence-electron chi connectivity index (χ3n) is 2.35. The molecule has 0 fully saturated rings. The van der Waals surface area contributed by atoms with Crippen molar-refractivity contribution < 1.29 is 17.6 Å². The molecule has 0 saturated heterocycles. The molecule has 0 radical (unpaired) electrons. The van der Waals surface area contributed by atoms with Gasteiger partial charge in [0.25, 0.3) is 0 Å². The van der Waals surface area contributed by atoms with E-state index in [-0.39, 0.29) is 11.2 Å². The summed E-state index contributed by atoms with van der Waals surface area (Å²) in [6, 6.07) is 6.33. The number of nitrogens with one attached hydrogen (secondary N) is 1. The standard InChI is InChI=1S/C11H8F4N2S/c12-8-3-1-7(2-4-8)6-17-10(18)5-9(16-17)11(13,14)15/h1-5,16H,6H2. The van der Waals surface area contributed by atoms with E-state index in [1.165, 1.54) is 28.9 Å². The smallest absolute Gasteiger partial charge is 0.293 e. The molecule has 0 saturated carbocycles. The predicted molar refractivity (Wildman–Crippen MR) is 60.1 cm³/mol. The average molecular weight is 276 g/mol. The van der Waals surface area contributed by atoms with Crippen LogP contribution in [0.2, 0.25) is 0 Å². The Bertz CT molecular complexity index is 595. The summed E-state index contributed by atoms with van der Waals surface area (Å²) in [7, 11) is 0. The minimum Gasteiger partial charge on any atom is -0.293 e. The van der Waals surface area contributed by atoms with Gasteiger partial charge in [-0.05, 0) is 17.7 Å². The molecule has 0 atom stereocenters. The molecule has 1 aromatic heterocycles. The fourth-order valence-corrected chi connectivity index (χ4v) is 1.70. The van der Waals surface area contributed by atoms with Crippen molar-refractivity contribution in [3.8, 4) is 0 Å². The quantitative estimate of drug-likeness (QED) is 0.654. The highest BCUT2D eigenvalue weighted by atomic mass is 32.1. The van der Waals surface area contributed by atoms with Crippen molar-refractivity contribution in [3.63, 3.8) is 0 Å². The molecule has 7 heteroatoms. The topological polar surface area (TPSA) is 20.7 Å². The number of H-pyrrole nitrogens is 1. The molecule has 18 heavy (non-hydrogen) atoms. The number of hydrogen-bond donors (Lipinski definition) is 1. The molecule has 96 valence electrons. The Morgan fingerprint density at radius 1 is 1.17 bits per heavy atom. The van der Waals surface area contributed by atoms with Crippen LogP contribution in [0.4, 0.5) is 17.6 Å². The molecule has 2 rings (SSSR count). The van der Waals surface area contributed by atoms with Gasteiger partial charge in [0.15, 0.2) is 0 Å². The summed E-state index contributed by atoms with van der Waals surface area (Å²) in [6.07, 6.45) is -4.46. The van der Waals surface area contributed by atoms with Crippen LogP contribution in [0.3, 0.4) is 0 Å². The molecule has 0 amide bonds. The van der Waals surface area contributed by atoms with Crippen LogP contribution in [-0.2, 0) is 12.7 Å². The van der Waals surface area contributed by atoms with Crippen molar-refractivity contribution >= 4 is 12.2 Å². The third kappa shape index (κ3) is 2.79. The molecule has 2 nitrogen and oxygen atoms in total. The first-order valence-corrected chi connectivity index (χ1v) is 5.38. The number of nitrogens with zero attached hydrogens (tertiary/aromatic N) is 1. The molecule has 0 unspecified atom stereocenters. The zero-order valence-electron chi connectivity index (χ0n) is 8.96. The zero-order chi connectivity index (χ0) is 13.3. The molecule has 0 aliphatic rings. The monoisotopic (exact) mass is 276 g/mol. The van der Waals surface area contributed by atoms with Crippen LogP contribution in [-0.4, -0.2) is 9.78 Å². The zero-order valence-corrected chi connectivity index (χ0v) is 9.78. The summed E-state index contributed by atoms with van der Waals surface area (Å²) in [6.45, 7) is 0.134. The molecular weight excluding hydrogens is 268 g/mol. The van der Waals surface area contributed by atoms with Gasteiger partial charge in [-0.2, -0.15) is 13.2 Å². The Balaban J connectivity index is 2.27. The summed E-state index contributed by atoms with van der Waals surface area (Å²) in [5, 5.41) is 2.18. The lowest BCUT2D eigenvalue weighted by atomic mass is 10.2. The molecule has 2 aromatic rings. The number of alkyl halides is 3. The highest BCUT2D eigenvalue weighted by Crippen LogP contribution is 2.27. The summed E-state index contributed by atoms with van der Waals surface area (Å²) >= 11 is 4.82. The van der Waals surface area contributed by atoms with E-state index < -0.39 is 17.7 Å². The van der Waals surface area contributed by atoms with Gasteiger partial charge in [0, 0.05) is 6.07 Å². The molecule has 1 aromatic carbocycles. The van der Waals surface area contributed by atoms with E-state index in [1.807, 2.05) is 0 Å². The fourth-order valence-electron chi connectivity index (χ4n) is 1.47. The normalized spacial score (nSPS) is 11.8. The molecule has 0 aliphatic carbocycles. The van der Waals surface area contributed by atoms with Gasteiger partial charge >= 0.3 is 6.18 Å². The lowest BCUT2D eigenvalue weighted by Crippen LogP contribution is -2.08. The van der Waals surface area contributed by atoms with Gasteiger partial charge in [0.1, 0.15) is 16.2 Å². The van der Waals surface area contributed by atoms with Crippen molar-refractivity contribution in [3.05, 3.63) is 52.0 Å². The maximum absolute atomic E-state index is 12.7. The van der Waals surface area contributed by atoms with E-state index in [9.17, 15) is 17.6 Å². The van der Waals surface area contributed by atoms with Gasteiger partial charge < -0.3 is 0 Å². The van der Waals surface area contributed by atoms with E-state index >= 15 is 0 Å². The third-order valence-corrected chi connectivity index (χ3v) is 2.69. The van der Waals surface area contributed by atoms with E-state index in [1.54, 1.807) is 0 Å². The number of aromatic nitrogens is 2. The molecule has 1 N–H and O–H groups in total. The summed E-state index contributed by atoms with van der Waals surface area (Å²) < 4.78 is 51.2. The van der Waals surface area contributed by atoms with Crippen LogP contribution in [0.1, 0.15) is 11.3 Å². The van der Waals surface area contributed by atoms with E-state index in [0.717, 1.165) is 6.07 Å². The van der Waals surface area contributed by atoms with Crippen LogP contribution >= 0.6 is 12.2 Å². The van der Waals surface area contributed by atoms with Crippen molar-refractivity contribution in [2.75, 3.05) is 0 Å². The number of aromatic amines is 1. The van der Waals surface area contributed by atoms with Crippen molar-refractivity contribution in [1.29, 1.82) is 0 Å². The second-order valence-corrected chi connectivity index (χ2v) is 4.14. The van der Waals surface area contributed by atoms with Gasteiger partial charge in [-0.25, -0.2) is 4.39 Å². The maximum Gasteiger partial charge on any atom is 0.432 e. The Kier molecular flexibility index (Phi) is 3.25. The molecule has 0 spiro atoms. The number of benzene rings is 1. The van der Waals surface area contributed by atoms with Crippen molar-refractivity contribution in [2.24, 2.45) is 0 Å². The molecule has 0 aliphatic heterocycles. The van der Waals surface area contributed by atoms with Gasteiger partial charge in [-0.15, -0.1) is 0 Å². The van der Waals surface area contributed by atoms with Crippen LogP contribution in [0.15, 0.2) is 30.3 Å². The van der Waals surface area contributed by atoms with E-state index in [2.05, 4.69) is 5.10 Å². The first kappa shape index (κ1) is 12.8. The highest BCUT2D eigenvalue weighted by molar-refractivity contribution is 7.71. The molecular formula is C11H8F4N2S. The minimum absolute atomic E-state index is 0.0478. The molecule has 0 bridgehead atoms. The van der Waals surface area contributed by atoms with Crippen LogP contribution in [0.5, 0.6) is 0 Å². The van der Waals surface area contributed by atoms with E-state index in [4.69, 9.17) is 12.2 Å². The lowest BCUT2D eigenvalue weighted by Gasteiger charge is -2.05. The first-order valence-electron chi connectivity index (χ1n) is 4.98. The second kappa shape index (κ2) is 4.56. The van der Waals surface area contributed by atoms with Gasteiger partial charge in [-0.1, -0.05) is 24.4 Å². The van der Waals surface area contributed by atoms with Crippen molar-refractivity contribution in [2.45, 2.75) is 12.7 Å². The average Bonchev–Trinajstić information content (AvgIpc) is 2.63. The van der Waals surface area contributed by atoms with E-state index in [0.29, 0.717) is 5.56 Å². The summed E-state index contributed by atoms with van der Waals surface area (Å²) in [5.41, 5.74) is -0.238. The Labute approximate surface area is 105 Å². The molecule has 1 heterocycles. The number of halogens is 4. The van der Waals surface area contributed by atoms with Crippen LogP contribution in [0.25, 0.3) is 0 Å². The number of hydrogen-bond acceptors (Lipinski definition) is 1. The SMILES string of the molecule is Fc1ccc(Cn2[nH]c(C(F)(F)F)cc2=S)cc1. The summed E-state index contributed by atoms with van der Waals surface area (Å²) in [5.74, 6) is -0.398. The van der Waals surface area contributed by atoms with Crippen LogP contribution < -0.4 is 0 Å². The Hall–Kier alpha value is -1.63. The van der Waals surface area contributed by atoms with Crippen molar-refractivity contribution in [1.82, 2.24) is 9.78 Å². The van der Waals surface area contributed by atoms with Gasteiger partial charge in [-0.3, -0.25) is 9.78 Å². The minimum atomic E-state index is -4.46.